The van der Waals surface area contributed by atoms with Crippen LogP contribution in [0.2, 0.25) is 0 Å². The van der Waals surface area contributed by atoms with Gasteiger partial charge in [-0.05, 0) is 17.2 Å². The van der Waals surface area contributed by atoms with Crippen molar-refractivity contribution >= 4 is 16.1 Å². The van der Waals surface area contributed by atoms with Gasteiger partial charge in [-0.25, -0.2) is 4.57 Å². The van der Waals surface area contributed by atoms with Crippen LogP contribution in [0, 0.1) is 0 Å². The number of unbranched alkanes of at least 4 members (excludes halogenated alkanes) is 10. The fourth-order valence-electron chi connectivity index (χ4n) is 2.29. The molecule has 1 N–H and O–H groups in total. The number of phosphoric ester groups is 1. The van der Waals surface area contributed by atoms with Gasteiger partial charge in [0.25, 0.3) is 0 Å². The van der Waals surface area contributed by atoms with Gasteiger partial charge in [0.05, 0.1) is 13.2 Å². The van der Waals surface area contributed by atoms with Gasteiger partial charge >= 0.3 is 16.1 Å². The minimum Gasteiger partial charge on any atom is -0.284 e. The van der Waals surface area contributed by atoms with E-state index >= 15 is 0 Å². The topological polar surface area (TPSA) is 82.1 Å². The van der Waals surface area contributed by atoms with Gasteiger partial charge in [-0.15, -0.1) is 4.89 Å². The summed E-state index contributed by atoms with van der Waals surface area (Å²) in [6, 6.07) is 0. The van der Waals surface area contributed by atoms with Crippen LogP contribution in [0.5, 0.6) is 0 Å². The van der Waals surface area contributed by atoms with Crippen molar-refractivity contribution in [1.29, 1.82) is 0 Å². The van der Waals surface area contributed by atoms with E-state index in [4.69, 9.17) is 13.9 Å². The first-order chi connectivity index (χ1) is 11.5. The third kappa shape index (κ3) is 15.7. The van der Waals surface area contributed by atoms with E-state index < -0.39 is 16.1 Å². The van der Waals surface area contributed by atoms with Crippen molar-refractivity contribution in [3.05, 3.63) is 0 Å². The Morgan fingerprint density at radius 1 is 0.750 bits per heavy atom. The molecule has 0 aromatic rings. The minimum atomic E-state index is -3.93. The molecule has 0 heterocycles. The van der Waals surface area contributed by atoms with Crippen molar-refractivity contribution in [3.63, 3.8) is 0 Å². The lowest BCUT2D eigenvalue weighted by Gasteiger charge is -2.12. The van der Waals surface area contributed by atoms with Crippen LogP contribution in [-0.2, 0) is 22.5 Å². The molecule has 1 atom stereocenters. The summed E-state index contributed by atoms with van der Waals surface area (Å²) in [5.74, 6) is 0. The fraction of sp³-hybridized carbons (Fsp3) is 1.00. The van der Waals surface area contributed by atoms with E-state index in [1.165, 1.54) is 38.5 Å². The number of phosphoric acid groups is 1. The average Bonchev–Trinajstić information content (AvgIpc) is 2.52. The zero-order chi connectivity index (χ0) is 18.1. The maximum atomic E-state index is 12.3. The van der Waals surface area contributed by atoms with Crippen molar-refractivity contribution in [2.45, 2.75) is 90.9 Å². The quantitative estimate of drug-likeness (QED) is 0.214. The SMILES string of the molecule is CCCCCCCCOP(=O)(OCCCCCCCC)O[P+](=O)O. The zero-order valence-electron chi connectivity index (χ0n) is 15.3. The highest BCUT2D eigenvalue weighted by Crippen LogP contribution is 2.55. The van der Waals surface area contributed by atoms with E-state index in [2.05, 4.69) is 18.2 Å². The van der Waals surface area contributed by atoms with Crippen LogP contribution in [0.1, 0.15) is 90.9 Å². The van der Waals surface area contributed by atoms with Gasteiger partial charge in [0.15, 0.2) is 0 Å². The molecule has 0 aromatic carbocycles. The maximum Gasteiger partial charge on any atom is 0.705 e. The minimum absolute atomic E-state index is 0.211. The van der Waals surface area contributed by atoms with E-state index in [1.807, 2.05) is 0 Å². The molecule has 0 aliphatic heterocycles. The largest absolute Gasteiger partial charge is 0.705 e. The van der Waals surface area contributed by atoms with Crippen molar-refractivity contribution in [2.24, 2.45) is 0 Å². The number of hydrogen-bond donors (Lipinski definition) is 1. The van der Waals surface area contributed by atoms with Crippen LogP contribution >= 0.6 is 16.1 Å². The Balaban J connectivity index is 3.91. The summed E-state index contributed by atoms with van der Waals surface area (Å²) in [5, 5.41) is 0. The van der Waals surface area contributed by atoms with Crippen molar-refractivity contribution < 1.29 is 27.4 Å². The van der Waals surface area contributed by atoms with Crippen LogP contribution in [0.15, 0.2) is 0 Å². The van der Waals surface area contributed by atoms with Crippen LogP contribution < -0.4 is 0 Å². The molecule has 24 heavy (non-hydrogen) atoms. The molecule has 0 rings (SSSR count). The third-order valence-electron chi connectivity index (χ3n) is 3.66. The second-order valence-electron chi connectivity index (χ2n) is 5.97. The Kier molecular flexibility index (Phi) is 16.7. The molecule has 144 valence electrons. The standard InChI is InChI=1S/C16H34O6P2/c1-3-5-7-9-11-13-15-20-24(19,22-23(17)18)21-16-14-12-10-8-6-4-2/h3-16H2,1-2H3/p+1. The molecule has 0 aliphatic rings. The highest BCUT2D eigenvalue weighted by atomic mass is 31.2. The van der Waals surface area contributed by atoms with Crippen molar-refractivity contribution in [1.82, 2.24) is 0 Å². The molecule has 0 aromatic heterocycles. The smallest absolute Gasteiger partial charge is 0.284 e. The Labute approximate surface area is 148 Å². The molecule has 0 saturated heterocycles. The Morgan fingerprint density at radius 3 is 1.50 bits per heavy atom. The molecule has 6 nitrogen and oxygen atoms in total. The lowest BCUT2D eigenvalue weighted by molar-refractivity contribution is 0.149. The van der Waals surface area contributed by atoms with Crippen molar-refractivity contribution in [2.75, 3.05) is 13.2 Å². The normalized spacial score (nSPS) is 12.5. The summed E-state index contributed by atoms with van der Waals surface area (Å²) >= 11 is 0. The van der Waals surface area contributed by atoms with Crippen molar-refractivity contribution in [3.8, 4) is 0 Å². The molecular weight excluding hydrogens is 350 g/mol. The molecule has 0 aliphatic carbocycles. The third-order valence-corrected chi connectivity index (χ3v) is 6.02. The van der Waals surface area contributed by atoms with E-state index in [0.717, 1.165) is 38.5 Å². The second-order valence-corrected chi connectivity index (χ2v) is 8.51. The first kappa shape index (κ1) is 24.2. The summed E-state index contributed by atoms with van der Waals surface area (Å²) in [6.07, 6.45) is 12.8. The van der Waals surface area contributed by atoms with Crippen LogP contribution in [-0.4, -0.2) is 18.1 Å². The van der Waals surface area contributed by atoms with Crippen LogP contribution in [0.4, 0.5) is 0 Å². The zero-order valence-corrected chi connectivity index (χ0v) is 17.1. The first-order valence-corrected chi connectivity index (χ1v) is 11.9. The van der Waals surface area contributed by atoms with Gasteiger partial charge in [0.2, 0.25) is 0 Å². The summed E-state index contributed by atoms with van der Waals surface area (Å²) in [6.45, 7) is 4.74. The van der Waals surface area contributed by atoms with Crippen LogP contribution in [0.3, 0.4) is 0 Å². The molecule has 8 heteroatoms. The second kappa shape index (κ2) is 16.6. The molecule has 0 amide bonds. The molecule has 0 saturated carbocycles. The number of rotatable bonds is 18. The molecule has 0 spiro atoms. The molecular formula is C16H35O6P2+. The van der Waals surface area contributed by atoms with Gasteiger partial charge in [0, 0.05) is 4.57 Å². The van der Waals surface area contributed by atoms with Gasteiger partial charge < -0.3 is 0 Å². The lowest BCUT2D eigenvalue weighted by Crippen LogP contribution is -2.00. The predicted octanol–water partition coefficient (Wildman–Crippen LogP) is 6.52. The van der Waals surface area contributed by atoms with Gasteiger partial charge in [-0.1, -0.05) is 78.1 Å². The Bertz CT molecular complexity index is 329. The molecule has 0 fully saturated rings. The van der Waals surface area contributed by atoms with Gasteiger partial charge in [0.1, 0.15) is 0 Å². The fourth-order valence-corrected chi connectivity index (χ4v) is 4.13. The summed E-state index contributed by atoms with van der Waals surface area (Å²) in [5.41, 5.74) is 0. The number of hydrogen-bond acceptors (Lipinski definition) is 5. The molecule has 0 radical (unpaired) electrons. The van der Waals surface area contributed by atoms with E-state index in [1.54, 1.807) is 0 Å². The van der Waals surface area contributed by atoms with Gasteiger partial charge in [-0.2, -0.15) is 0 Å². The lowest BCUT2D eigenvalue weighted by atomic mass is 10.1. The molecule has 0 bridgehead atoms. The summed E-state index contributed by atoms with van der Waals surface area (Å²) < 4.78 is 37.9. The summed E-state index contributed by atoms with van der Waals surface area (Å²) in [7, 11) is -6.95. The van der Waals surface area contributed by atoms with E-state index in [-0.39, 0.29) is 13.2 Å². The maximum absolute atomic E-state index is 12.3. The Morgan fingerprint density at radius 2 is 1.12 bits per heavy atom. The molecule has 1 unspecified atom stereocenters. The monoisotopic (exact) mass is 385 g/mol. The predicted molar refractivity (Wildman–Crippen MR) is 97.2 cm³/mol. The Hall–Kier alpha value is 0.170. The van der Waals surface area contributed by atoms with E-state index in [9.17, 15) is 9.13 Å². The highest BCUT2D eigenvalue weighted by Gasteiger charge is 2.38. The van der Waals surface area contributed by atoms with E-state index in [0.29, 0.717) is 0 Å². The van der Waals surface area contributed by atoms with Gasteiger partial charge in [-0.3, -0.25) is 9.05 Å². The summed E-state index contributed by atoms with van der Waals surface area (Å²) in [4.78, 5) is 8.84. The first-order valence-electron chi connectivity index (χ1n) is 9.29. The highest BCUT2D eigenvalue weighted by molar-refractivity contribution is 7.56. The average molecular weight is 385 g/mol. The van der Waals surface area contributed by atoms with Crippen LogP contribution in [0.25, 0.3) is 0 Å².